The summed E-state index contributed by atoms with van der Waals surface area (Å²) in [6.45, 7) is 6.12. The molecule has 1 fully saturated rings. The second-order valence-corrected chi connectivity index (χ2v) is 10.1. The number of benzene rings is 1. The van der Waals surface area contributed by atoms with Gasteiger partial charge in [0.25, 0.3) is 0 Å². The van der Waals surface area contributed by atoms with Gasteiger partial charge in [0.15, 0.2) is 0 Å². The lowest BCUT2D eigenvalue weighted by atomic mass is 10.2. The van der Waals surface area contributed by atoms with Crippen molar-refractivity contribution >= 4 is 39.1 Å². The largest absolute Gasteiger partial charge is 0.356 e. The van der Waals surface area contributed by atoms with E-state index in [2.05, 4.69) is 22.2 Å². The summed E-state index contributed by atoms with van der Waals surface area (Å²) in [5.41, 5.74) is 0. The number of unbranched alkanes of at least 4 members (excludes halogenated alkanes) is 1. The van der Waals surface area contributed by atoms with Crippen LogP contribution in [0.1, 0.15) is 19.3 Å². The first-order chi connectivity index (χ1) is 13.7. The van der Waals surface area contributed by atoms with Crippen molar-refractivity contribution in [3.05, 3.63) is 28.2 Å². The molecule has 1 saturated heterocycles. The SMILES string of the molecule is CN1CCN(CCCCNC(=O)CCN(C)S(=O)(=O)c2cccc(Cl)c2Cl)CC1. The smallest absolute Gasteiger partial charge is 0.244 e. The van der Waals surface area contributed by atoms with Crippen LogP contribution in [0.2, 0.25) is 10.0 Å². The Morgan fingerprint density at radius 1 is 1.17 bits per heavy atom. The van der Waals surface area contributed by atoms with E-state index < -0.39 is 10.0 Å². The van der Waals surface area contributed by atoms with Crippen molar-refractivity contribution < 1.29 is 13.2 Å². The molecule has 0 bridgehead atoms. The third-order valence-electron chi connectivity index (χ3n) is 5.08. The molecule has 0 radical (unpaired) electrons. The molecule has 1 N–H and O–H groups in total. The van der Waals surface area contributed by atoms with E-state index in [-0.39, 0.29) is 33.8 Å². The van der Waals surface area contributed by atoms with E-state index in [1.807, 2.05) is 0 Å². The molecule has 7 nitrogen and oxygen atoms in total. The Labute approximate surface area is 184 Å². The first kappa shape index (κ1) is 24.4. The average Bonchev–Trinajstić information content (AvgIpc) is 2.69. The maximum Gasteiger partial charge on any atom is 0.244 e. The van der Waals surface area contributed by atoms with Crippen LogP contribution in [0.3, 0.4) is 0 Å². The van der Waals surface area contributed by atoms with Crippen molar-refractivity contribution in [3.8, 4) is 0 Å². The van der Waals surface area contributed by atoms with E-state index in [0.717, 1.165) is 49.9 Å². The second kappa shape index (κ2) is 11.5. The normalized spacial score (nSPS) is 16.3. The Hall–Kier alpha value is -0.900. The highest BCUT2D eigenvalue weighted by Crippen LogP contribution is 2.30. The molecule has 0 saturated carbocycles. The fraction of sp³-hybridized carbons (Fsp3) is 0.632. The lowest BCUT2D eigenvalue weighted by Crippen LogP contribution is -2.44. The van der Waals surface area contributed by atoms with Gasteiger partial charge in [-0.15, -0.1) is 0 Å². The van der Waals surface area contributed by atoms with Crippen LogP contribution >= 0.6 is 23.2 Å². The molecule has 29 heavy (non-hydrogen) atoms. The number of sulfonamides is 1. The van der Waals surface area contributed by atoms with Gasteiger partial charge in [0.1, 0.15) is 4.90 Å². The van der Waals surface area contributed by atoms with Crippen molar-refractivity contribution in [3.63, 3.8) is 0 Å². The standard InChI is InChI=1S/C19H30Cl2N4O3S/c1-23-12-14-25(15-13-23)10-4-3-9-22-18(26)8-11-24(2)29(27,28)17-7-5-6-16(20)19(17)21/h5-7H,3-4,8-15H2,1-2H3,(H,22,26). The van der Waals surface area contributed by atoms with E-state index in [1.54, 1.807) is 0 Å². The van der Waals surface area contributed by atoms with Gasteiger partial charge in [-0.05, 0) is 38.6 Å². The van der Waals surface area contributed by atoms with Gasteiger partial charge in [0.2, 0.25) is 15.9 Å². The maximum atomic E-state index is 12.6. The number of likely N-dealkylation sites (N-methyl/N-ethyl adjacent to an activating group) is 1. The highest BCUT2D eigenvalue weighted by Gasteiger charge is 2.25. The van der Waals surface area contributed by atoms with Crippen LogP contribution in [0.15, 0.2) is 23.1 Å². The third kappa shape index (κ3) is 7.38. The van der Waals surface area contributed by atoms with E-state index in [9.17, 15) is 13.2 Å². The van der Waals surface area contributed by atoms with E-state index in [0.29, 0.717) is 6.54 Å². The molecule has 1 aliphatic rings. The number of carbonyl (C=O) groups is 1. The number of halogens is 2. The molecule has 2 rings (SSSR count). The molecular formula is C19H30Cl2N4O3S. The third-order valence-corrected chi connectivity index (χ3v) is 7.91. The van der Waals surface area contributed by atoms with Crippen LogP contribution in [0, 0.1) is 0 Å². The van der Waals surface area contributed by atoms with Gasteiger partial charge in [-0.25, -0.2) is 12.7 Å². The summed E-state index contributed by atoms with van der Waals surface area (Å²) in [5, 5.41) is 3.03. The van der Waals surface area contributed by atoms with Crippen molar-refractivity contribution in [2.24, 2.45) is 0 Å². The zero-order valence-electron chi connectivity index (χ0n) is 17.0. The first-order valence-electron chi connectivity index (χ1n) is 9.80. The predicted molar refractivity (Wildman–Crippen MR) is 117 cm³/mol. The van der Waals surface area contributed by atoms with Gasteiger partial charge in [-0.3, -0.25) is 4.79 Å². The molecule has 164 valence electrons. The van der Waals surface area contributed by atoms with Crippen LogP contribution in [0.4, 0.5) is 0 Å². The Morgan fingerprint density at radius 2 is 1.86 bits per heavy atom. The fourth-order valence-corrected chi connectivity index (χ4v) is 4.98. The monoisotopic (exact) mass is 464 g/mol. The average molecular weight is 465 g/mol. The molecule has 0 aromatic heterocycles. The minimum atomic E-state index is -3.81. The number of nitrogens with zero attached hydrogens (tertiary/aromatic N) is 3. The van der Waals surface area contributed by atoms with Gasteiger partial charge < -0.3 is 15.1 Å². The number of amides is 1. The Morgan fingerprint density at radius 3 is 2.55 bits per heavy atom. The van der Waals surface area contributed by atoms with Crippen molar-refractivity contribution in [2.45, 2.75) is 24.2 Å². The zero-order valence-corrected chi connectivity index (χ0v) is 19.4. The topological polar surface area (TPSA) is 73.0 Å². The fourth-order valence-electron chi connectivity index (χ4n) is 3.08. The molecule has 1 amide bonds. The highest BCUT2D eigenvalue weighted by molar-refractivity contribution is 7.89. The van der Waals surface area contributed by atoms with E-state index in [1.165, 1.54) is 25.2 Å². The van der Waals surface area contributed by atoms with Crippen molar-refractivity contribution in [2.75, 3.05) is 59.9 Å². The van der Waals surface area contributed by atoms with E-state index in [4.69, 9.17) is 23.2 Å². The zero-order chi connectivity index (χ0) is 21.4. The summed E-state index contributed by atoms with van der Waals surface area (Å²) in [4.78, 5) is 16.8. The second-order valence-electron chi connectivity index (χ2n) is 7.33. The van der Waals surface area contributed by atoms with Crippen molar-refractivity contribution in [1.29, 1.82) is 0 Å². The molecule has 0 spiro atoms. The number of hydrogen-bond donors (Lipinski definition) is 1. The molecule has 0 unspecified atom stereocenters. The highest BCUT2D eigenvalue weighted by atomic mass is 35.5. The van der Waals surface area contributed by atoms with Crippen LogP contribution in [0.25, 0.3) is 0 Å². The molecule has 10 heteroatoms. The lowest BCUT2D eigenvalue weighted by Gasteiger charge is -2.32. The molecule has 1 aromatic rings. The number of hydrogen-bond acceptors (Lipinski definition) is 5. The van der Waals surface area contributed by atoms with Crippen LogP contribution in [-0.2, 0) is 14.8 Å². The number of rotatable bonds is 10. The quantitative estimate of drug-likeness (QED) is 0.537. The molecule has 1 aromatic carbocycles. The summed E-state index contributed by atoms with van der Waals surface area (Å²) in [6, 6.07) is 4.46. The maximum absolute atomic E-state index is 12.6. The number of carbonyl (C=O) groups excluding carboxylic acids is 1. The molecule has 1 aliphatic heterocycles. The molecular weight excluding hydrogens is 435 g/mol. The minimum Gasteiger partial charge on any atom is -0.356 e. The summed E-state index contributed by atoms with van der Waals surface area (Å²) >= 11 is 11.9. The first-order valence-corrected chi connectivity index (χ1v) is 12.0. The van der Waals surface area contributed by atoms with Gasteiger partial charge in [0.05, 0.1) is 10.0 Å². The van der Waals surface area contributed by atoms with Gasteiger partial charge in [0, 0.05) is 52.7 Å². The van der Waals surface area contributed by atoms with Crippen LogP contribution < -0.4 is 5.32 Å². The minimum absolute atomic E-state index is 0.00850. The van der Waals surface area contributed by atoms with Gasteiger partial charge in [-0.2, -0.15) is 0 Å². The molecule has 0 atom stereocenters. The summed E-state index contributed by atoms with van der Waals surface area (Å²) in [5.74, 6) is -0.163. The van der Waals surface area contributed by atoms with E-state index >= 15 is 0 Å². The Kier molecular flexibility index (Phi) is 9.65. The number of nitrogens with one attached hydrogen (secondary N) is 1. The summed E-state index contributed by atoms with van der Waals surface area (Å²) in [7, 11) is -0.241. The van der Waals surface area contributed by atoms with Gasteiger partial charge >= 0.3 is 0 Å². The van der Waals surface area contributed by atoms with Crippen LogP contribution in [-0.4, -0.2) is 88.3 Å². The molecule has 1 heterocycles. The number of piperazine rings is 1. The van der Waals surface area contributed by atoms with Gasteiger partial charge in [-0.1, -0.05) is 29.3 Å². The summed E-state index contributed by atoms with van der Waals surface area (Å²) < 4.78 is 26.4. The Bertz CT molecular complexity index is 784. The predicted octanol–water partition coefficient (Wildman–Crippen LogP) is 2.15. The summed E-state index contributed by atoms with van der Waals surface area (Å²) in [6.07, 6.45) is 2.03. The Balaban J connectivity index is 1.67. The van der Waals surface area contributed by atoms with Crippen LogP contribution in [0.5, 0.6) is 0 Å². The molecule has 0 aliphatic carbocycles. The lowest BCUT2D eigenvalue weighted by molar-refractivity contribution is -0.121. The van der Waals surface area contributed by atoms with Crippen molar-refractivity contribution in [1.82, 2.24) is 19.4 Å².